The van der Waals surface area contributed by atoms with E-state index in [9.17, 15) is 4.79 Å². The van der Waals surface area contributed by atoms with Crippen molar-refractivity contribution in [2.75, 3.05) is 27.2 Å². The van der Waals surface area contributed by atoms with Crippen molar-refractivity contribution in [2.45, 2.75) is 32.2 Å². The Balaban J connectivity index is 2.41. The molecule has 15 heavy (non-hydrogen) atoms. The zero-order valence-electron chi connectivity index (χ0n) is 10.3. The van der Waals surface area contributed by atoms with Crippen LogP contribution in [0, 0.1) is 5.41 Å². The fourth-order valence-corrected chi connectivity index (χ4v) is 1.32. The molecule has 0 bridgehead atoms. The summed E-state index contributed by atoms with van der Waals surface area (Å²) in [4.78, 5) is 13.9. The molecule has 1 fully saturated rings. The summed E-state index contributed by atoms with van der Waals surface area (Å²) in [6, 6.07) is 0. The number of likely N-dealkylation sites (N-methyl/N-ethyl adjacent to an activating group) is 1. The third kappa shape index (κ3) is 2.69. The van der Waals surface area contributed by atoms with Gasteiger partial charge in [-0.1, -0.05) is 0 Å². The van der Waals surface area contributed by atoms with Crippen molar-refractivity contribution in [1.82, 2.24) is 10.2 Å². The SMILES string of the molecule is CN(C)C(C)(C)CNC(=O)C1(CN)CC1. The summed E-state index contributed by atoms with van der Waals surface area (Å²) in [5, 5.41) is 3.00. The standard InChI is InChI=1S/C11H23N3O/c1-10(2,14(3)4)8-13-9(15)11(7-12)5-6-11/h5-8,12H2,1-4H3,(H,13,15). The second-order valence-corrected chi connectivity index (χ2v) is 5.37. The second-order valence-electron chi connectivity index (χ2n) is 5.37. The fraction of sp³-hybridized carbons (Fsp3) is 0.909. The van der Waals surface area contributed by atoms with Crippen LogP contribution in [0.3, 0.4) is 0 Å². The Morgan fingerprint density at radius 1 is 1.47 bits per heavy atom. The van der Waals surface area contributed by atoms with Crippen molar-refractivity contribution >= 4 is 5.91 Å². The van der Waals surface area contributed by atoms with Gasteiger partial charge in [0, 0.05) is 18.6 Å². The molecule has 1 aliphatic rings. The minimum atomic E-state index is -0.234. The predicted molar refractivity (Wildman–Crippen MR) is 61.5 cm³/mol. The molecule has 1 saturated carbocycles. The summed E-state index contributed by atoms with van der Waals surface area (Å²) < 4.78 is 0. The van der Waals surface area contributed by atoms with Crippen molar-refractivity contribution in [2.24, 2.45) is 11.1 Å². The zero-order valence-corrected chi connectivity index (χ0v) is 10.3. The summed E-state index contributed by atoms with van der Waals surface area (Å²) >= 11 is 0. The summed E-state index contributed by atoms with van der Waals surface area (Å²) in [6.45, 7) is 5.35. The van der Waals surface area contributed by atoms with Crippen LogP contribution in [-0.4, -0.2) is 43.5 Å². The third-order valence-corrected chi connectivity index (χ3v) is 3.62. The molecule has 4 nitrogen and oxygen atoms in total. The number of hydrogen-bond donors (Lipinski definition) is 2. The minimum Gasteiger partial charge on any atom is -0.354 e. The Kier molecular flexibility index (Phi) is 3.41. The highest BCUT2D eigenvalue weighted by molar-refractivity contribution is 5.85. The Morgan fingerprint density at radius 2 is 2.00 bits per heavy atom. The maximum Gasteiger partial charge on any atom is 0.227 e. The maximum atomic E-state index is 11.8. The van der Waals surface area contributed by atoms with Gasteiger partial charge >= 0.3 is 0 Å². The van der Waals surface area contributed by atoms with Crippen LogP contribution in [0.4, 0.5) is 0 Å². The lowest BCUT2D eigenvalue weighted by Gasteiger charge is -2.33. The first-order valence-electron chi connectivity index (χ1n) is 5.50. The van der Waals surface area contributed by atoms with Crippen LogP contribution in [0.25, 0.3) is 0 Å². The van der Waals surface area contributed by atoms with Crippen LogP contribution in [-0.2, 0) is 4.79 Å². The highest BCUT2D eigenvalue weighted by atomic mass is 16.2. The molecule has 0 saturated heterocycles. The molecular formula is C11H23N3O. The van der Waals surface area contributed by atoms with E-state index in [2.05, 4.69) is 24.1 Å². The van der Waals surface area contributed by atoms with E-state index < -0.39 is 0 Å². The molecule has 0 radical (unpaired) electrons. The van der Waals surface area contributed by atoms with Crippen LogP contribution in [0.15, 0.2) is 0 Å². The molecule has 0 aromatic heterocycles. The maximum absolute atomic E-state index is 11.8. The lowest BCUT2D eigenvalue weighted by molar-refractivity contribution is -0.126. The van der Waals surface area contributed by atoms with E-state index in [0.29, 0.717) is 13.1 Å². The molecule has 0 aliphatic heterocycles. The van der Waals surface area contributed by atoms with Crippen molar-refractivity contribution < 1.29 is 4.79 Å². The molecule has 88 valence electrons. The van der Waals surface area contributed by atoms with Gasteiger partial charge in [-0.2, -0.15) is 0 Å². The fourth-order valence-electron chi connectivity index (χ4n) is 1.32. The monoisotopic (exact) mass is 213 g/mol. The molecule has 1 rings (SSSR count). The van der Waals surface area contributed by atoms with Crippen LogP contribution in [0.1, 0.15) is 26.7 Å². The lowest BCUT2D eigenvalue weighted by Crippen LogP contribution is -2.50. The van der Waals surface area contributed by atoms with Gasteiger partial charge in [0.2, 0.25) is 5.91 Å². The van der Waals surface area contributed by atoms with Crippen molar-refractivity contribution in [3.05, 3.63) is 0 Å². The van der Waals surface area contributed by atoms with Gasteiger partial charge in [0.15, 0.2) is 0 Å². The topological polar surface area (TPSA) is 58.4 Å². The molecule has 1 aliphatic carbocycles. The number of carbonyl (C=O) groups is 1. The normalized spacial score (nSPS) is 19.1. The van der Waals surface area contributed by atoms with Gasteiger partial charge in [0.1, 0.15) is 0 Å². The highest BCUT2D eigenvalue weighted by Gasteiger charge is 2.48. The van der Waals surface area contributed by atoms with E-state index in [1.807, 2.05) is 14.1 Å². The number of nitrogens with zero attached hydrogens (tertiary/aromatic N) is 1. The zero-order chi connectivity index (χ0) is 11.7. The van der Waals surface area contributed by atoms with E-state index in [4.69, 9.17) is 5.73 Å². The van der Waals surface area contributed by atoms with Crippen LogP contribution in [0.2, 0.25) is 0 Å². The van der Waals surface area contributed by atoms with Gasteiger partial charge < -0.3 is 16.0 Å². The first-order chi connectivity index (χ1) is 6.84. The first kappa shape index (κ1) is 12.5. The third-order valence-electron chi connectivity index (χ3n) is 3.62. The average molecular weight is 213 g/mol. The summed E-state index contributed by atoms with van der Waals surface area (Å²) in [5.74, 6) is 0.125. The molecule has 0 atom stereocenters. The van der Waals surface area contributed by atoms with Crippen molar-refractivity contribution in [3.8, 4) is 0 Å². The summed E-state index contributed by atoms with van der Waals surface area (Å²) in [7, 11) is 4.03. The van der Waals surface area contributed by atoms with E-state index in [0.717, 1.165) is 12.8 Å². The highest BCUT2D eigenvalue weighted by Crippen LogP contribution is 2.44. The Hall–Kier alpha value is -0.610. The van der Waals surface area contributed by atoms with Crippen molar-refractivity contribution in [3.63, 3.8) is 0 Å². The minimum absolute atomic E-state index is 0.0136. The number of carbonyl (C=O) groups excluding carboxylic acids is 1. The molecule has 1 amide bonds. The van der Waals surface area contributed by atoms with Crippen LogP contribution < -0.4 is 11.1 Å². The second kappa shape index (κ2) is 4.10. The number of nitrogens with two attached hydrogens (primary N) is 1. The van der Waals surface area contributed by atoms with E-state index in [-0.39, 0.29) is 16.9 Å². The number of nitrogens with one attached hydrogen (secondary N) is 1. The number of rotatable bonds is 5. The Labute approximate surface area is 92.2 Å². The van der Waals surface area contributed by atoms with Gasteiger partial charge in [-0.3, -0.25) is 4.79 Å². The van der Waals surface area contributed by atoms with Gasteiger partial charge in [-0.05, 0) is 40.8 Å². The van der Waals surface area contributed by atoms with Crippen LogP contribution >= 0.6 is 0 Å². The molecule has 3 N–H and O–H groups in total. The Morgan fingerprint density at radius 3 is 2.33 bits per heavy atom. The van der Waals surface area contributed by atoms with Gasteiger partial charge in [-0.15, -0.1) is 0 Å². The molecule has 0 aromatic carbocycles. The number of amides is 1. The average Bonchev–Trinajstić information content (AvgIpc) is 2.94. The molecular weight excluding hydrogens is 190 g/mol. The van der Waals surface area contributed by atoms with Crippen molar-refractivity contribution in [1.29, 1.82) is 0 Å². The predicted octanol–water partition coefficient (Wildman–Crippen LogP) is 0.182. The lowest BCUT2D eigenvalue weighted by atomic mass is 10.0. The van der Waals surface area contributed by atoms with Gasteiger partial charge in [0.25, 0.3) is 0 Å². The quantitative estimate of drug-likeness (QED) is 0.685. The molecule has 0 spiro atoms. The smallest absolute Gasteiger partial charge is 0.227 e. The Bertz CT molecular complexity index is 244. The largest absolute Gasteiger partial charge is 0.354 e. The molecule has 0 unspecified atom stereocenters. The van der Waals surface area contributed by atoms with E-state index in [1.54, 1.807) is 0 Å². The molecule has 4 heteroatoms. The summed E-state index contributed by atoms with van der Waals surface area (Å²) in [5.41, 5.74) is 5.35. The van der Waals surface area contributed by atoms with Crippen LogP contribution in [0.5, 0.6) is 0 Å². The first-order valence-corrected chi connectivity index (χ1v) is 5.50. The molecule has 0 heterocycles. The number of hydrogen-bond acceptors (Lipinski definition) is 3. The van der Waals surface area contributed by atoms with E-state index >= 15 is 0 Å². The van der Waals surface area contributed by atoms with Gasteiger partial charge in [-0.25, -0.2) is 0 Å². The van der Waals surface area contributed by atoms with E-state index in [1.165, 1.54) is 0 Å². The van der Waals surface area contributed by atoms with Gasteiger partial charge in [0.05, 0.1) is 5.41 Å². The summed E-state index contributed by atoms with van der Waals surface area (Å²) in [6.07, 6.45) is 1.88. The molecule has 0 aromatic rings.